The molecule has 0 aromatic carbocycles. The standard InChI is InChI=1S/C9H17NO6S/c1-3-16-4-5-17(14,15)6-8(9(12)13)10-7(2)11/h8H,3-6H2,1-2H3,(H,10,11)(H,12,13). The second-order valence-corrected chi connectivity index (χ2v) is 5.63. The van der Waals surface area contributed by atoms with Gasteiger partial charge in [-0.1, -0.05) is 0 Å². The molecule has 0 saturated carbocycles. The summed E-state index contributed by atoms with van der Waals surface area (Å²) in [6.07, 6.45) is 0. The molecule has 0 heterocycles. The van der Waals surface area contributed by atoms with Gasteiger partial charge in [0.2, 0.25) is 5.91 Å². The first kappa shape index (κ1) is 15.9. The SMILES string of the molecule is CCOCCS(=O)(=O)CC(NC(C)=O)C(=O)O. The average Bonchev–Trinajstić information content (AvgIpc) is 2.15. The Kier molecular flexibility index (Phi) is 6.74. The fraction of sp³-hybridized carbons (Fsp3) is 0.778. The molecular formula is C9H17NO6S. The van der Waals surface area contributed by atoms with Crippen molar-refractivity contribution >= 4 is 21.7 Å². The Balaban J connectivity index is 4.42. The molecule has 0 rings (SSSR count). The first-order chi connectivity index (χ1) is 7.78. The molecule has 7 nitrogen and oxygen atoms in total. The van der Waals surface area contributed by atoms with Crippen LogP contribution in [0.25, 0.3) is 0 Å². The predicted octanol–water partition coefficient (Wildman–Crippen LogP) is -0.973. The molecule has 0 spiro atoms. The third-order valence-corrected chi connectivity index (χ3v) is 3.47. The van der Waals surface area contributed by atoms with E-state index in [1.54, 1.807) is 6.92 Å². The molecule has 2 N–H and O–H groups in total. The van der Waals surface area contributed by atoms with Gasteiger partial charge in [0.25, 0.3) is 0 Å². The molecule has 0 saturated heterocycles. The zero-order valence-electron chi connectivity index (χ0n) is 9.80. The van der Waals surface area contributed by atoms with Gasteiger partial charge in [0.15, 0.2) is 9.84 Å². The highest BCUT2D eigenvalue weighted by atomic mass is 32.2. The highest BCUT2D eigenvalue weighted by Crippen LogP contribution is 1.97. The lowest BCUT2D eigenvalue weighted by molar-refractivity contribution is -0.140. The summed E-state index contributed by atoms with van der Waals surface area (Å²) in [5, 5.41) is 10.8. The minimum Gasteiger partial charge on any atom is -0.480 e. The van der Waals surface area contributed by atoms with Crippen molar-refractivity contribution in [3.8, 4) is 0 Å². The first-order valence-electron chi connectivity index (χ1n) is 5.06. The summed E-state index contributed by atoms with van der Waals surface area (Å²) in [5.74, 6) is -2.85. The lowest BCUT2D eigenvalue weighted by Gasteiger charge is -2.13. The van der Waals surface area contributed by atoms with Gasteiger partial charge in [0, 0.05) is 13.5 Å². The van der Waals surface area contributed by atoms with Gasteiger partial charge in [-0.3, -0.25) is 4.79 Å². The van der Waals surface area contributed by atoms with Crippen LogP contribution in [0, 0.1) is 0 Å². The smallest absolute Gasteiger partial charge is 0.327 e. The number of carboxylic acid groups (broad SMARTS) is 1. The van der Waals surface area contributed by atoms with Crippen molar-refractivity contribution in [3.63, 3.8) is 0 Å². The summed E-state index contributed by atoms with van der Waals surface area (Å²) in [7, 11) is -3.56. The van der Waals surface area contributed by atoms with Gasteiger partial charge in [0.1, 0.15) is 6.04 Å². The third kappa shape index (κ3) is 7.70. The van der Waals surface area contributed by atoms with Crippen LogP contribution in [0.15, 0.2) is 0 Å². The number of amides is 1. The van der Waals surface area contributed by atoms with E-state index in [0.717, 1.165) is 6.92 Å². The number of carbonyl (C=O) groups is 2. The van der Waals surface area contributed by atoms with Crippen LogP contribution in [0.2, 0.25) is 0 Å². The van der Waals surface area contributed by atoms with Crippen LogP contribution in [0.4, 0.5) is 0 Å². The van der Waals surface area contributed by atoms with Crippen LogP contribution in [-0.2, 0) is 24.2 Å². The highest BCUT2D eigenvalue weighted by Gasteiger charge is 2.25. The molecule has 0 bridgehead atoms. The maximum absolute atomic E-state index is 11.5. The number of sulfone groups is 1. The van der Waals surface area contributed by atoms with Gasteiger partial charge in [-0.05, 0) is 6.92 Å². The molecule has 1 amide bonds. The molecule has 1 atom stereocenters. The summed E-state index contributed by atoms with van der Waals surface area (Å²) in [5.41, 5.74) is 0. The van der Waals surface area contributed by atoms with Crippen molar-refractivity contribution < 1.29 is 27.9 Å². The van der Waals surface area contributed by atoms with E-state index in [9.17, 15) is 18.0 Å². The van der Waals surface area contributed by atoms with Crippen molar-refractivity contribution in [1.29, 1.82) is 0 Å². The maximum Gasteiger partial charge on any atom is 0.327 e. The Morgan fingerprint density at radius 2 is 2.00 bits per heavy atom. The topological polar surface area (TPSA) is 110 Å². The van der Waals surface area contributed by atoms with E-state index in [2.05, 4.69) is 5.32 Å². The molecule has 0 aliphatic carbocycles. The number of ether oxygens (including phenoxy) is 1. The van der Waals surface area contributed by atoms with Crippen molar-refractivity contribution in [2.45, 2.75) is 19.9 Å². The molecule has 0 aromatic heterocycles. The number of nitrogens with one attached hydrogen (secondary N) is 1. The Labute approximate surface area is 100 Å². The second-order valence-electron chi connectivity index (χ2n) is 3.40. The fourth-order valence-corrected chi connectivity index (χ4v) is 2.36. The second kappa shape index (κ2) is 7.23. The van der Waals surface area contributed by atoms with Gasteiger partial charge in [-0.2, -0.15) is 0 Å². The number of hydrogen-bond donors (Lipinski definition) is 2. The lowest BCUT2D eigenvalue weighted by Crippen LogP contribution is -2.45. The normalized spacial score (nSPS) is 13.1. The fourth-order valence-electron chi connectivity index (χ4n) is 1.09. The molecule has 8 heteroatoms. The van der Waals surface area contributed by atoms with E-state index < -0.39 is 33.5 Å². The molecule has 0 aromatic rings. The number of carbonyl (C=O) groups excluding carboxylic acids is 1. The molecular weight excluding hydrogens is 250 g/mol. The monoisotopic (exact) mass is 267 g/mol. The number of hydrogen-bond acceptors (Lipinski definition) is 5. The van der Waals surface area contributed by atoms with Crippen LogP contribution in [0.1, 0.15) is 13.8 Å². The highest BCUT2D eigenvalue weighted by molar-refractivity contribution is 7.91. The summed E-state index contributed by atoms with van der Waals surface area (Å²) >= 11 is 0. The average molecular weight is 267 g/mol. The zero-order valence-corrected chi connectivity index (χ0v) is 10.6. The van der Waals surface area contributed by atoms with E-state index in [1.165, 1.54) is 0 Å². The third-order valence-electron chi connectivity index (χ3n) is 1.84. The van der Waals surface area contributed by atoms with Crippen LogP contribution < -0.4 is 5.32 Å². The molecule has 0 aliphatic heterocycles. The molecule has 100 valence electrons. The van der Waals surface area contributed by atoms with Crippen LogP contribution in [0.5, 0.6) is 0 Å². The minimum absolute atomic E-state index is 0.0191. The van der Waals surface area contributed by atoms with Crippen molar-refractivity contribution in [2.24, 2.45) is 0 Å². The molecule has 0 aliphatic rings. The Hall–Kier alpha value is -1.15. The van der Waals surface area contributed by atoms with E-state index >= 15 is 0 Å². The zero-order chi connectivity index (χ0) is 13.5. The first-order valence-corrected chi connectivity index (χ1v) is 6.88. The minimum atomic E-state index is -3.56. The van der Waals surface area contributed by atoms with Gasteiger partial charge < -0.3 is 15.2 Å². The number of aliphatic carboxylic acids is 1. The van der Waals surface area contributed by atoms with E-state index in [1.807, 2.05) is 0 Å². The van der Waals surface area contributed by atoms with Gasteiger partial charge in [0.05, 0.1) is 18.1 Å². The summed E-state index contributed by atoms with van der Waals surface area (Å²) in [6.45, 7) is 3.27. The van der Waals surface area contributed by atoms with Gasteiger partial charge in [-0.15, -0.1) is 0 Å². The number of carboxylic acids is 1. The Morgan fingerprint density at radius 1 is 1.41 bits per heavy atom. The summed E-state index contributed by atoms with van der Waals surface area (Å²) in [4.78, 5) is 21.4. The molecule has 0 radical (unpaired) electrons. The van der Waals surface area contributed by atoms with Crippen molar-refractivity contribution in [3.05, 3.63) is 0 Å². The quantitative estimate of drug-likeness (QED) is 0.547. The van der Waals surface area contributed by atoms with Crippen LogP contribution in [-0.4, -0.2) is 56.2 Å². The Bertz CT molecular complexity index is 364. The van der Waals surface area contributed by atoms with Crippen LogP contribution >= 0.6 is 0 Å². The molecule has 17 heavy (non-hydrogen) atoms. The summed E-state index contributed by atoms with van der Waals surface area (Å²) in [6, 6.07) is -1.42. The van der Waals surface area contributed by atoms with Crippen molar-refractivity contribution in [1.82, 2.24) is 5.32 Å². The van der Waals surface area contributed by atoms with E-state index in [-0.39, 0.29) is 12.4 Å². The van der Waals surface area contributed by atoms with Gasteiger partial charge >= 0.3 is 5.97 Å². The van der Waals surface area contributed by atoms with Gasteiger partial charge in [-0.25, -0.2) is 13.2 Å². The largest absolute Gasteiger partial charge is 0.480 e. The van der Waals surface area contributed by atoms with Crippen molar-refractivity contribution in [2.75, 3.05) is 24.7 Å². The molecule has 0 fully saturated rings. The maximum atomic E-state index is 11.5. The van der Waals surface area contributed by atoms with E-state index in [0.29, 0.717) is 6.61 Å². The Morgan fingerprint density at radius 3 is 2.41 bits per heavy atom. The predicted molar refractivity (Wildman–Crippen MR) is 60.4 cm³/mol. The number of rotatable bonds is 8. The summed E-state index contributed by atoms with van der Waals surface area (Å²) < 4.78 is 27.9. The lowest BCUT2D eigenvalue weighted by atomic mass is 10.3. The van der Waals surface area contributed by atoms with E-state index in [4.69, 9.17) is 9.84 Å². The van der Waals surface area contributed by atoms with Crippen LogP contribution in [0.3, 0.4) is 0 Å². The molecule has 1 unspecified atom stereocenters.